The third kappa shape index (κ3) is 11.5. The van der Waals surface area contributed by atoms with Crippen molar-refractivity contribution in [1.82, 2.24) is 19.9 Å². The van der Waals surface area contributed by atoms with Crippen LogP contribution in [0.15, 0.2) is 34.8 Å². The predicted octanol–water partition coefficient (Wildman–Crippen LogP) is 0.219. The Bertz CT molecular complexity index is 641. The molecule has 0 aliphatic heterocycles. The number of halogens is 1. The van der Waals surface area contributed by atoms with Gasteiger partial charge in [-0.25, -0.2) is 9.97 Å². The second kappa shape index (κ2) is 19.3. The fourth-order valence-corrected chi connectivity index (χ4v) is 2.27. The molecule has 2 aromatic heterocycles. The monoisotopic (exact) mass is 550 g/mol. The van der Waals surface area contributed by atoms with Crippen LogP contribution in [0.1, 0.15) is 24.0 Å². The van der Waals surface area contributed by atoms with Gasteiger partial charge in [0.05, 0.1) is 5.69 Å². The maximum Gasteiger partial charge on any atom is 1.00 e. The van der Waals surface area contributed by atoms with Crippen LogP contribution >= 0.6 is 34.4 Å². The minimum absolute atomic E-state index is 0. The first kappa shape index (κ1) is 30.5. The number of hydrogen-bond acceptors (Lipinski definition) is 10. The normalized spacial score (nSPS) is 9.75. The van der Waals surface area contributed by atoms with Gasteiger partial charge in [0, 0.05) is 46.0 Å². The molecule has 0 fully saturated rings. The molecule has 0 aliphatic carbocycles. The van der Waals surface area contributed by atoms with E-state index >= 15 is 0 Å². The van der Waals surface area contributed by atoms with E-state index in [9.17, 15) is 0 Å². The zero-order valence-corrected chi connectivity index (χ0v) is 22.9. The van der Waals surface area contributed by atoms with Gasteiger partial charge in [0.15, 0.2) is 5.16 Å². The maximum absolute atomic E-state index is 5.06. The molecule has 0 bridgehead atoms. The van der Waals surface area contributed by atoms with Crippen molar-refractivity contribution in [2.75, 3.05) is 39.6 Å². The van der Waals surface area contributed by atoms with Crippen molar-refractivity contribution in [3.63, 3.8) is 0 Å². The molecule has 0 amide bonds. The van der Waals surface area contributed by atoms with E-state index < -0.39 is 12.6 Å². The maximum atomic E-state index is 5.06. The van der Waals surface area contributed by atoms with Crippen LogP contribution in [-0.2, 0) is 31.6 Å². The molecule has 0 N–H and O–H groups in total. The number of aromatic nitrogens is 4. The van der Waals surface area contributed by atoms with Crippen molar-refractivity contribution in [3.8, 4) is 0 Å². The van der Waals surface area contributed by atoms with Crippen LogP contribution in [0.3, 0.4) is 0 Å². The van der Waals surface area contributed by atoms with Gasteiger partial charge in [0.2, 0.25) is 12.6 Å². The Hall–Kier alpha value is 0.300. The average Bonchev–Trinajstić information content (AvgIpc) is 2.72. The smallest absolute Gasteiger partial charge is 0.740 e. The molecular formula is C16H24IN4NaO4S2. The van der Waals surface area contributed by atoms with Crippen LogP contribution in [0.25, 0.3) is 0 Å². The summed E-state index contributed by atoms with van der Waals surface area (Å²) in [4.78, 5) is 18.0. The Morgan fingerprint density at radius 2 is 1.29 bits per heavy atom. The van der Waals surface area contributed by atoms with E-state index in [4.69, 9.17) is 31.6 Å². The van der Waals surface area contributed by atoms with Crippen molar-refractivity contribution < 1.29 is 48.5 Å². The van der Waals surface area contributed by atoms with Crippen LogP contribution in [0.4, 0.5) is 0 Å². The van der Waals surface area contributed by atoms with Crippen LogP contribution in [0, 0.1) is 0 Å². The van der Waals surface area contributed by atoms with Crippen molar-refractivity contribution in [2.24, 2.45) is 0 Å². The first-order valence-electron chi connectivity index (χ1n) is 7.45. The molecule has 2 aromatic rings. The quantitative estimate of drug-likeness (QED) is 0.0908. The van der Waals surface area contributed by atoms with Crippen molar-refractivity contribution in [3.05, 3.63) is 35.9 Å². The molecule has 0 saturated heterocycles. The summed E-state index contributed by atoms with van der Waals surface area (Å²) in [6.07, 6.45) is 4.33. The van der Waals surface area contributed by atoms with Gasteiger partial charge in [-0.3, -0.25) is 9.97 Å². The first-order chi connectivity index (χ1) is 13.1. The number of rotatable bonds is 7. The number of methoxy groups -OCH3 is 4. The molecule has 12 heteroatoms. The van der Waals surface area contributed by atoms with E-state index in [0.717, 1.165) is 10.9 Å². The van der Waals surface area contributed by atoms with E-state index in [1.165, 1.54) is 11.8 Å². The third-order valence-corrected chi connectivity index (χ3v) is 3.59. The van der Waals surface area contributed by atoms with E-state index in [2.05, 4.69) is 42.5 Å². The van der Waals surface area contributed by atoms with Gasteiger partial charge >= 0.3 is 29.6 Å². The molecule has 0 aromatic carbocycles. The minimum Gasteiger partial charge on any atom is -0.740 e. The summed E-state index contributed by atoms with van der Waals surface area (Å²) in [5.41, 5.74) is 1.38. The SMILES string of the molecule is CI.COC(OC)c1ccnc(SC)n1.COC(OC)c1ccnc([S-])n1.[Na+]. The standard InChI is InChI=1S/C8H12N2O2S.C7H10N2O2S.CH3I.Na/c1-11-7(12-2)6-4-5-9-8(10-6)13-3;1-10-6(11-2)5-3-4-8-7(12)9-5;1-2;/h4-5,7H,1-3H3;3-4,6H,1-2H3,(H,8,9,12);1H3;/q;;;+1/p-1. The van der Waals surface area contributed by atoms with Gasteiger partial charge in [0.25, 0.3) is 0 Å². The van der Waals surface area contributed by atoms with Gasteiger partial charge in [-0.2, -0.15) is 0 Å². The van der Waals surface area contributed by atoms with Gasteiger partial charge in [-0.05, 0) is 23.3 Å². The summed E-state index contributed by atoms with van der Waals surface area (Å²) < 4.78 is 20.1. The Balaban J connectivity index is 0. The van der Waals surface area contributed by atoms with Crippen LogP contribution in [-0.4, -0.2) is 59.6 Å². The first-order valence-corrected chi connectivity index (χ1v) is 11.2. The van der Waals surface area contributed by atoms with Gasteiger partial charge in [-0.1, -0.05) is 34.4 Å². The van der Waals surface area contributed by atoms with Crippen molar-refractivity contribution in [2.45, 2.75) is 22.9 Å². The molecule has 152 valence electrons. The molecule has 2 heterocycles. The molecule has 0 spiro atoms. The number of alkyl halides is 1. The summed E-state index contributed by atoms with van der Waals surface area (Å²) in [6, 6.07) is 3.48. The molecule has 28 heavy (non-hydrogen) atoms. The molecule has 2 rings (SSSR count). The van der Waals surface area contributed by atoms with E-state index in [1.807, 2.05) is 11.2 Å². The molecular weight excluding hydrogens is 526 g/mol. The largest absolute Gasteiger partial charge is 1.00 e. The number of hydrogen-bond donors (Lipinski definition) is 0. The van der Waals surface area contributed by atoms with Crippen LogP contribution in [0.5, 0.6) is 0 Å². The number of nitrogens with zero attached hydrogens (tertiary/aromatic N) is 4. The fraction of sp³-hybridized carbons (Fsp3) is 0.500. The Morgan fingerprint density at radius 1 is 0.857 bits per heavy atom. The topological polar surface area (TPSA) is 88.5 Å². The molecule has 0 atom stereocenters. The summed E-state index contributed by atoms with van der Waals surface area (Å²) >= 11 is 8.42. The zero-order chi connectivity index (χ0) is 20.7. The van der Waals surface area contributed by atoms with Crippen LogP contribution in [0.2, 0.25) is 0 Å². The molecule has 8 nitrogen and oxygen atoms in total. The van der Waals surface area contributed by atoms with E-state index in [1.54, 1.807) is 53.0 Å². The van der Waals surface area contributed by atoms with E-state index in [0.29, 0.717) is 10.9 Å². The predicted molar refractivity (Wildman–Crippen MR) is 115 cm³/mol. The second-order valence-electron chi connectivity index (χ2n) is 4.34. The summed E-state index contributed by atoms with van der Waals surface area (Å²) in [5.74, 6) is 0. The Kier molecular flexibility index (Phi) is 21.0. The summed E-state index contributed by atoms with van der Waals surface area (Å²) in [6.45, 7) is 0. The van der Waals surface area contributed by atoms with Crippen molar-refractivity contribution >= 4 is 47.0 Å². The average molecular weight is 550 g/mol. The van der Waals surface area contributed by atoms with Crippen molar-refractivity contribution in [1.29, 1.82) is 0 Å². The summed E-state index contributed by atoms with van der Waals surface area (Å²) in [5, 5.41) is 1.02. The van der Waals surface area contributed by atoms with Crippen LogP contribution < -0.4 is 29.6 Å². The van der Waals surface area contributed by atoms with E-state index in [-0.39, 0.29) is 29.6 Å². The zero-order valence-electron chi connectivity index (χ0n) is 17.1. The summed E-state index contributed by atoms with van der Waals surface area (Å²) in [7, 11) is 6.24. The molecule has 0 aliphatic rings. The molecule has 0 radical (unpaired) electrons. The third-order valence-electron chi connectivity index (χ3n) is 2.83. The molecule has 0 saturated carbocycles. The fourth-order valence-electron chi connectivity index (χ4n) is 1.74. The van der Waals surface area contributed by atoms with Gasteiger partial charge in [0.1, 0.15) is 5.69 Å². The number of ether oxygens (including phenoxy) is 4. The number of thioether (sulfide) groups is 1. The Morgan fingerprint density at radius 3 is 1.68 bits per heavy atom. The minimum atomic E-state index is -0.463. The van der Waals surface area contributed by atoms with Gasteiger partial charge in [-0.15, -0.1) is 0 Å². The van der Waals surface area contributed by atoms with Gasteiger partial charge < -0.3 is 31.6 Å². The molecule has 0 unspecified atom stereocenters. The second-order valence-corrected chi connectivity index (χ2v) is 5.48. The Labute approximate surface area is 212 Å².